The molecule has 1 atom stereocenters. The van der Waals surface area contributed by atoms with Crippen LogP contribution in [0.5, 0.6) is 0 Å². The summed E-state index contributed by atoms with van der Waals surface area (Å²) in [6.45, 7) is 0. The summed E-state index contributed by atoms with van der Waals surface area (Å²) in [7, 11) is 0. The fourth-order valence-electron chi connectivity index (χ4n) is 2.67. The van der Waals surface area contributed by atoms with Gasteiger partial charge >= 0.3 is 0 Å². The van der Waals surface area contributed by atoms with E-state index in [0.717, 1.165) is 11.3 Å². The molecule has 0 saturated carbocycles. The lowest BCUT2D eigenvalue weighted by atomic mass is 10.1. The van der Waals surface area contributed by atoms with Gasteiger partial charge in [-0.3, -0.25) is 9.78 Å². The summed E-state index contributed by atoms with van der Waals surface area (Å²) >= 11 is 0. The van der Waals surface area contributed by atoms with Crippen LogP contribution in [0.25, 0.3) is 5.69 Å². The van der Waals surface area contributed by atoms with E-state index in [1.54, 1.807) is 35.3 Å². The van der Waals surface area contributed by atoms with Crippen LogP contribution >= 0.6 is 0 Å². The van der Waals surface area contributed by atoms with Crippen molar-refractivity contribution in [2.45, 2.75) is 6.17 Å². The van der Waals surface area contributed by atoms with Gasteiger partial charge in [-0.05, 0) is 29.8 Å². The Hall–Kier alpha value is -3.66. The van der Waals surface area contributed by atoms with Crippen LogP contribution in [0.2, 0.25) is 0 Å². The molecular weight excluding hydrogens is 304 g/mol. The summed E-state index contributed by atoms with van der Waals surface area (Å²) in [5.41, 5.74) is 2.62. The number of fused-ring (bicyclic) bond motifs is 1. The molecule has 7 heteroatoms. The van der Waals surface area contributed by atoms with Crippen molar-refractivity contribution < 1.29 is 4.79 Å². The van der Waals surface area contributed by atoms with E-state index in [4.69, 9.17) is 5.26 Å². The number of benzene rings is 1. The average Bonchev–Trinajstić information content (AvgIpc) is 3.07. The molecule has 2 aromatic heterocycles. The van der Waals surface area contributed by atoms with Crippen LogP contribution in [0.3, 0.4) is 0 Å². The van der Waals surface area contributed by atoms with Gasteiger partial charge in [0.15, 0.2) is 0 Å². The Labute approximate surface area is 137 Å². The van der Waals surface area contributed by atoms with Gasteiger partial charge in [-0.2, -0.15) is 10.4 Å². The van der Waals surface area contributed by atoms with Crippen LogP contribution in [0.15, 0.2) is 55.0 Å². The molecule has 1 aliphatic heterocycles. The number of carbonyl (C=O) groups excluding carboxylic acids is 1. The molecule has 3 aromatic rings. The molecule has 4 rings (SSSR count). The minimum atomic E-state index is -0.435. The number of carbonyl (C=O) groups is 1. The highest BCUT2D eigenvalue weighted by molar-refractivity contribution is 6.01. The average molecular weight is 316 g/mol. The van der Waals surface area contributed by atoms with Crippen molar-refractivity contribution in [1.29, 1.82) is 5.26 Å². The lowest BCUT2D eigenvalue weighted by Gasteiger charge is -2.27. The first kappa shape index (κ1) is 14.0. The number of hydrogen-bond donors (Lipinski definition) is 2. The summed E-state index contributed by atoms with van der Waals surface area (Å²) in [5.74, 6) is 0.397. The molecule has 0 bridgehead atoms. The molecule has 0 fully saturated rings. The third-order valence-corrected chi connectivity index (χ3v) is 3.83. The highest BCUT2D eigenvalue weighted by Gasteiger charge is 2.28. The van der Waals surface area contributed by atoms with E-state index >= 15 is 0 Å². The monoisotopic (exact) mass is 316 g/mol. The van der Waals surface area contributed by atoms with Gasteiger partial charge in [0.05, 0.1) is 23.5 Å². The molecule has 7 nitrogen and oxygen atoms in total. The van der Waals surface area contributed by atoms with Crippen molar-refractivity contribution in [3.63, 3.8) is 0 Å². The molecule has 0 spiro atoms. The van der Waals surface area contributed by atoms with Crippen LogP contribution < -0.4 is 10.6 Å². The van der Waals surface area contributed by atoms with Gasteiger partial charge in [0.1, 0.15) is 17.5 Å². The maximum absolute atomic E-state index is 12.4. The Balaban J connectivity index is 1.75. The van der Waals surface area contributed by atoms with E-state index in [0.29, 0.717) is 16.9 Å². The second kappa shape index (κ2) is 5.52. The first-order valence-corrected chi connectivity index (χ1v) is 7.32. The summed E-state index contributed by atoms with van der Waals surface area (Å²) in [6, 6.07) is 12.8. The van der Waals surface area contributed by atoms with E-state index in [1.807, 2.05) is 18.2 Å². The molecule has 2 N–H and O–H groups in total. The topological polar surface area (TPSA) is 95.6 Å². The molecule has 0 unspecified atom stereocenters. The summed E-state index contributed by atoms with van der Waals surface area (Å²) in [6.07, 6.45) is 4.43. The molecule has 0 saturated heterocycles. The second-order valence-corrected chi connectivity index (χ2v) is 5.31. The van der Waals surface area contributed by atoms with E-state index in [9.17, 15) is 4.79 Å². The smallest absolute Gasteiger partial charge is 0.258 e. The van der Waals surface area contributed by atoms with Crippen molar-refractivity contribution in [2.24, 2.45) is 0 Å². The minimum Gasteiger partial charge on any atom is -0.345 e. The number of anilines is 1. The van der Waals surface area contributed by atoms with Crippen LogP contribution in [0.4, 0.5) is 5.82 Å². The Morgan fingerprint density at radius 2 is 2.00 bits per heavy atom. The minimum absolute atomic E-state index is 0.212. The zero-order valence-electron chi connectivity index (χ0n) is 12.5. The maximum Gasteiger partial charge on any atom is 0.258 e. The molecule has 1 amide bonds. The molecule has 0 radical (unpaired) electrons. The molecule has 1 aromatic carbocycles. The SMILES string of the molecule is N#Cc1cccc([C@H]2NC(=O)c3cnn(-c4ccncc4)c3N2)c1. The number of hydrogen-bond acceptors (Lipinski definition) is 5. The number of amides is 1. The van der Waals surface area contributed by atoms with E-state index in [-0.39, 0.29) is 5.91 Å². The fraction of sp³-hybridized carbons (Fsp3) is 0.0588. The first-order valence-electron chi connectivity index (χ1n) is 7.32. The van der Waals surface area contributed by atoms with E-state index in [2.05, 4.69) is 26.8 Å². The van der Waals surface area contributed by atoms with Crippen molar-refractivity contribution in [3.05, 3.63) is 71.7 Å². The second-order valence-electron chi connectivity index (χ2n) is 5.31. The van der Waals surface area contributed by atoms with Crippen LogP contribution in [0.1, 0.15) is 27.7 Å². The number of aromatic nitrogens is 3. The standard InChI is InChI=1S/C17H12N6O/c18-9-11-2-1-3-12(8-11)15-21-16-14(17(24)22-15)10-20-23(16)13-4-6-19-7-5-13/h1-8,10,15,21H,(H,22,24)/t15-/m1/s1. The summed E-state index contributed by atoms with van der Waals surface area (Å²) in [4.78, 5) is 16.4. The van der Waals surface area contributed by atoms with Crippen molar-refractivity contribution in [2.75, 3.05) is 5.32 Å². The number of rotatable bonds is 2. The number of pyridine rings is 1. The summed E-state index contributed by atoms with van der Waals surface area (Å²) < 4.78 is 1.66. The molecule has 1 aliphatic rings. The molecule has 3 heterocycles. The van der Waals surface area contributed by atoms with Crippen LogP contribution in [-0.4, -0.2) is 20.7 Å². The largest absolute Gasteiger partial charge is 0.345 e. The lowest BCUT2D eigenvalue weighted by Crippen LogP contribution is -2.38. The molecule has 116 valence electrons. The van der Waals surface area contributed by atoms with Gasteiger partial charge in [0.2, 0.25) is 0 Å². The van der Waals surface area contributed by atoms with Gasteiger partial charge < -0.3 is 10.6 Å². The fourth-order valence-corrected chi connectivity index (χ4v) is 2.67. The maximum atomic E-state index is 12.4. The Bertz CT molecular complexity index is 957. The molecule has 0 aliphatic carbocycles. The number of nitrogens with one attached hydrogen (secondary N) is 2. The van der Waals surface area contributed by atoms with Gasteiger partial charge in [-0.15, -0.1) is 0 Å². The zero-order chi connectivity index (χ0) is 16.5. The number of nitrogens with zero attached hydrogens (tertiary/aromatic N) is 4. The Morgan fingerprint density at radius 1 is 1.17 bits per heavy atom. The van der Waals surface area contributed by atoms with Crippen molar-refractivity contribution >= 4 is 11.7 Å². The van der Waals surface area contributed by atoms with Crippen LogP contribution in [0, 0.1) is 11.3 Å². The van der Waals surface area contributed by atoms with Gasteiger partial charge in [-0.1, -0.05) is 12.1 Å². The molecular formula is C17H12N6O. The van der Waals surface area contributed by atoms with Crippen molar-refractivity contribution in [3.8, 4) is 11.8 Å². The van der Waals surface area contributed by atoms with Crippen molar-refractivity contribution in [1.82, 2.24) is 20.1 Å². The highest BCUT2D eigenvalue weighted by atomic mass is 16.2. The third kappa shape index (κ3) is 2.27. The van der Waals surface area contributed by atoms with Crippen LogP contribution in [-0.2, 0) is 0 Å². The lowest BCUT2D eigenvalue weighted by molar-refractivity contribution is 0.0935. The predicted molar refractivity (Wildman–Crippen MR) is 86.3 cm³/mol. The third-order valence-electron chi connectivity index (χ3n) is 3.83. The number of nitriles is 1. The van der Waals surface area contributed by atoms with E-state index < -0.39 is 6.17 Å². The Morgan fingerprint density at radius 3 is 2.79 bits per heavy atom. The van der Waals surface area contributed by atoms with Gasteiger partial charge in [0.25, 0.3) is 5.91 Å². The zero-order valence-corrected chi connectivity index (χ0v) is 12.5. The molecule has 24 heavy (non-hydrogen) atoms. The highest BCUT2D eigenvalue weighted by Crippen LogP contribution is 2.28. The normalized spacial score (nSPS) is 15.8. The van der Waals surface area contributed by atoms with E-state index in [1.165, 1.54) is 6.20 Å². The Kier molecular flexibility index (Phi) is 3.21. The predicted octanol–water partition coefficient (Wildman–Crippen LogP) is 1.99. The first-order chi connectivity index (χ1) is 11.8. The quantitative estimate of drug-likeness (QED) is 0.754. The summed E-state index contributed by atoms with van der Waals surface area (Å²) in [5, 5.41) is 19.5. The van der Waals surface area contributed by atoms with Gasteiger partial charge in [-0.25, -0.2) is 4.68 Å². The van der Waals surface area contributed by atoms with Gasteiger partial charge in [0, 0.05) is 12.4 Å².